The van der Waals surface area contributed by atoms with E-state index in [1.807, 2.05) is 12.1 Å². The Hall–Kier alpha value is -0.370. The van der Waals surface area contributed by atoms with Gasteiger partial charge >= 0.3 is 0 Å². The first-order valence-corrected chi connectivity index (χ1v) is 6.86. The van der Waals surface area contributed by atoms with Crippen LogP contribution in [0.15, 0.2) is 24.3 Å². The molecule has 0 atom stereocenters. The van der Waals surface area contributed by atoms with Gasteiger partial charge in [0.05, 0.1) is 0 Å². The van der Waals surface area contributed by atoms with Crippen LogP contribution in [-0.4, -0.2) is 4.32 Å². The van der Waals surface area contributed by atoms with Gasteiger partial charge in [-0.15, -0.1) is 0 Å². The number of hydrogen-bond acceptors (Lipinski definition) is 0. The zero-order valence-corrected chi connectivity index (χ0v) is 10.9. The fourth-order valence-electron chi connectivity index (χ4n) is 3.38. The minimum Gasteiger partial charge on any atom is -0.207 e. The molecule has 3 aliphatic rings. The van der Waals surface area contributed by atoms with Crippen LogP contribution in [0, 0.1) is 5.82 Å². The molecule has 3 saturated carbocycles. The molecule has 0 amide bonds. The number of hydrogen-bond donors (Lipinski definition) is 0. The van der Waals surface area contributed by atoms with Crippen molar-refractivity contribution < 1.29 is 4.39 Å². The van der Waals surface area contributed by atoms with E-state index in [9.17, 15) is 4.39 Å². The Balaban J connectivity index is 1.92. The summed E-state index contributed by atoms with van der Waals surface area (Å²) in [5.74, 6) is -0.124. The minimum atomic E-state index is -0.124. The summed E-state index contributed by atoms with van der Waals surface area (Å²) in [7, 11) is 0. The molecule has 0 aliphatic heterocycles. The van der Waals surface area contributed by atoms with Gasteiger partial charge in [0.25, 0.3) is 0 Å². The van der Waals surface area contributed by atoms with Crippen LogP contribution in [0.1, 0.15) is 44.1 Å². The van der Waals surface area contributed by atoms with Crippen LogP contribution in [0.25, 0.3) is 0 Å². The molecule has 16 heavy (non-hydrogen) atoms. The smallest absolute Gasteiger partial charge is 0.123 e. The molecule has 1 aromatic carbocycles. The monoisotopic (exact) mass is 282 g/mol. The van der Waals surface area contributed by atoms with Crippen molar-refractivity contribution in [1.29, 1.82) is 0 Å². The number of fused-ring (bicyclic) bond motifs is 3. The van der Waals surface area contributed by atoms with Crippen molar-refractivity contribution in [3.63, 3.8) is 0 Å². The van der Waals surface area contributed by atoms with E-state index in [0.29, 0.717) is 9.74 Å². The molecule has 0 nitrogen and oxygen atoms in total. The van der Waals surface area contributed by atoms with Gasteiger partial charge in [0.2, 0.25) is 0 Å². The molecule has 0 N–H and O–H groups in total. The number of halogens is 2. The molecule has 3 aliphatic carbocycles. The summed E-state index contributed by atoms with van der Waals surface area (Å²) in [6.07, 6.45) is 7.57. The molecule has 86 valence electrons. The van der Waals surface area contributed by atoms with Crippen LogP contribution in [0.4, 0.5) is 4.39 Å². The molecule has 2 bridgehead atoms. The summed E-state index contributed by atoms with van der Waals surface area (Å²) in [5, 5.41) is 0. The van der Waals surface area contributed by atoms with Crippen molar-refractivity contribution in [2.45, 2.75) is 48.3 Å². The van der Waals surface area contributed by atoms with Crippen molar-refractivity contribution in [3.05, 3.63) is 35.6 Å². The lowest BCUT2D eigenvalue weighted by Gasteiger charge is -2.51. The number of rotatable bonds is 1. The zero-order chi connectivity index (χ0) is 11.2. The fourth-order valence-corrected chi connectivity index (χ4v) is 3.97. The quantitative estimate of drug-likeness (QED) is 0.662. The fraction of sp³-hybridized carbons (Fsp3) is 0.571. The Morgan fingerprint density at radius 1 is 0.875 bits per heavy atom. The molecule has 0 spiro atoms. The predicted molar refractivity (Wildman–Crippen MR) is 67.4 cm³/mol. The second-order valence-electron chi connectivity index (χ2n) is 5.44. The molecule has 1 aromatic rings. The summed E-state index contributed by atoms with van der Waals surface area (Å²) < 4.78 is 13.4. The molecule has 0 aromatic heterocycles. The van der Waals surface area contributed by atoms with Gasteiger partial charge in [0.15, 0.2) is 0 Å². The Morgan fingerprint density at radius 3 is 1.88 bits per heavy atom. The molecule has 0 saturated heterocycles. The van der Waals surface area contributed by atoms with Crippen molar-refractivity contribution in [1.82, 2.24) is 0 Å². The SMILES string of the molecule is Fc1ccc(C23CCC(Br)(CC2)CC3)cc1. The third-order valence-electron chi connectivity index (χ3n) is 4.61. The average molecular weight is 283 g/mol. The van der Waals surface area contributed by atoms with E-state index in [4.69, 9.17) is 0 Å². The van der Waals surface area contributed by atoms with Crippen LogP contribution in [-0.2, 0) is 5.41 Å². The molecule has 0 heterocycles. The van der Waals surface area contributed by atoms with Crippen LogP contribution >= 0.6 is 15.9 Å². The summed E-state index contributed by atoms with van der Waals surface area (Å²) in [6, 6.07) is 7.19. The highest BCUT2D eigenvalue weighted by Gasteiger charge is 2.47. The Bertz CT molecular complexity index is 371. The van der Waals surface area contributed by atoms with Crippen LogP contribution in [0.5, 0.6) is 0 Å². The third-order valence-corrected chi connectivity index (χ3v) is 5.80. The largest absolute Gasteiger partial charge is 0.207 e. The van der Waals surface area contributed by atoms with E-state index in [1.54, 1.807) is 12.1 Å². The van der Waals surface area contributed by atoms with Crippen LogP contribution in [0.2, 0.25) is 0 Å². The molecule has 0 radical (unpaired) electrons. The van der Waals surface area contributed by atoms with E-state index < -0.39 is 0 Å². The van der Waals surface area contributed by atoms with Gasteiger partial charge in [0, 0.05) is 4.32 Å². The Labute approximate surface area is 104 Å². The molecule has 4 rings (SSSR count). The summed E-state index contributed by atoms with van der Waals surface area (Å²) >= 11 is 3.88. The topological polar surface area (TPSA) is 0 Å². The second kappa shape index (κ2) is 3.56. The van der Waals surface area contributed by atoms with Crippen molar-refractivity contribution in [2.75, 3.05) is 0 Å². The maximum atomic E-state index is 12.9. The van der Waals surface area contributed by atoms with E-state index in [-0.39, 0.29) is 5.82 Å². The molecule has 0 unspecified atom stereocenters. The minimum absolute atomic E-state index is 0.124. The first kappa shape index (κ1) is 10.8. The van der Waals surface area contributed by atoms with Gasteiger partial charge in [-0.2, -0.15) is 0 Å². The van der Waals surface area contributed by atoms with E-state index in [0.717, 1.165) is 0 Å². The number of alkyl halides is 1. The average Bonchev–Trinajstić information content (AvgIpc) is 2.31. The van der Waals surface area contributed by atoms with Crippen molar-refractivity contribution in [2.24, 2.45) is 0 Å². The molecular weight excluding hydrogens is 267 g/mol. The van der Waals surface area contributed by atoms with Gasteiger partial charge in [0.1, 0.15) is 5.82 Å². The first-order valence-electron chi connectivity index (χ1n) is 6.07. The van der Waals surface area contributed by atoms with Crippen molar-refractivity contribution in [3.8, 4) is 0 Å². The maximum absolute atomic E-state index is 12.9. The third kappa shape index (κ3) is 1.62. The van der Waals surface area contributed by atoms with Gasteiger partial charge in [-0.1, -0.05) is 28.1 Å². The van der Waals surface area contributed by atoms with Crippen LogP contribution < -0.4 is 0 Å². The lowest BCUT2D eigenvalue weighted by Crippen LogP contribution is -2.44. The normalized spacial score (nSPS) is 37.6. The molecule has 2 heteroatoms. The highest BCUT2D eigenvalue weighted by atomic mass is 79.9. The van der Waals surface area contributed by atoms with Crippen LogP contribution in [0.3, 0.4) is 0 Å². The number of benzene rings is 1. The Morgan fingerprint density at radius 2 is 1.38 bits per heavy atom. The van der Waals surface area contributed by atoms with E-state index in [2.05, 4.69) is 15.9 Å². The van der Waals surface area contributed by atoms with Gasteiger partial charge in [-0.3, -0.25) is 0 Å². The Kier molecular flexibility index (Phi) is 2.39. The first-order chi connectivity index (χ1) is 7.62. The lowest BCUT2D eigenvalue weighted by atomic mass is 9.58. The van der Waals surface area contributed by atoms with Gasteiger partial charge in [-0.05, 0) is 61.6 Å². The van der Waals surface area contributed by atoms with Crippen molar-refractivity contribution >= 4 is 15.9 Å². The molecular formula is C14H16BrF. The molecule has 3 fully saturated rings. The van der Waals surface area contributed by atoms with Gasteiger partial charge < -0.3 is 0 Å². The highest BCUT2D eigenvalue weighted by Crippen LogP contribution is 2.56. The summed E-state index contributed by atoms with van der Waals surface area (Å²) in [4.78, 5) is 0. The summed E-state index contributed by atoms with van der Waals surface area (Å²) in [5.41, 5.74) is 1.70. The predicted octanol–water partition coefficient (Wildman–Crippen LogP) is 4.57. The van der Waals surface area contributed by atoms with Gasteiger partial charge in [-0.25, -0.2) is 4.39 Å². The van der Waals surface area contributed by atoms with E-state index >= 15 is 0 Å². The standard InChI is InChI=1S/C14H16BrF/c15-14-8-5-13(6-9-14,7-10-14)11-1-3-12(16)4-2-11/h1-4H,5-10H2. The zero-order valence-electron chi connectivity index (χ0n) is 9.31. The summed E-state index contributed by atoms with van der Waals surface area (Å²) in [6.45, 7) is 0. The second-order valence-corrected chi connectivity index (χ2v) is 7.12. The lowest BCUT2D eigenvalue weighted by molar-refractivity contribution is 0.162. The van der Waals surface area contributed by atoms with E-state index in [1.165, 1.54) is 44.1 Å². The maximum Gasteiger partial charge on any atom is 0.123 e. The highest BCUT2D eigenvalue weighted by molar-refractivity contribution is 9.10.